The van der Waals surface area contributed by atoms with Crippen molar-refractivity contribution in [2.75, 3.05) is 23.3 Å². The van der Waals surface area contributed by atoms with Crippen molar-refractivity contribution >= 4 is 39.8 Å². The smallest absolute Gasteiger partial charge is 0.242 e. The molecule has 2 heterocycles. The number of hydrogen-bond donors (Lipinski definition) is 1. The third kappa shape index (κ3) is 4.54. The van der Waals surface area contributed by atoms with E-state index in [4.69, 9.17) is 0 Å². The molecule has 0 aliphatic carbocycles. The SMILES string of the molecule is Cc1ccc(NC(=O)C(Sc2nnc(N3CCCC3)s2)c2ccccc2)cc1. The highest BCUT2D eigenvalue weighted by Crippen LogP contribution is 2.39. The van der Waals surface area contributed by atoms with E-state index in [-0.39, 0.29) is 11.2 Å². The van der Waals surface area contributed by atoms with E-state index in [2.05, 4.69) is 20.4 Å². The summed E-state index contributed by atoms with van der Waals surface area (Å²) >= 11 is 3.02. The van der Waals surface area contributed by atoms with Crippen LogP contribution in [0.4, 0.5) is 10.8 Å². The first-order valence-corrected chi connectivity index (χ1v) is 11.1. The number of amides is 1. The first-order chi connectivity index (χ1) is 13.7. The number of nitrogens with zero attached hydrogens (tertiary/aromatic N) is 3. The molecule has 0 spiro atoms. The second-order valence-electron chi connectivity index (χ2n) is 6.81. The lowest BCUT2D eigenvalue weighted by atomic mass is 10.1. The van der Waals surface area contributed by atoms with Gasteiger partial charge in [0.15, 0.2) is 4.34 Å². The van der Waals surface area contributed by atoms with Crippen molar-refractivity contribution in [3.63, 3.8) is 0 Å². The van der Waals surface area contributed by atoms with Gasteiger partial charge in [-0.3, -0.25) is 4.79 Å². The minimum absolute atomic E-state index is 0.0574. The van der Waals surface area contributed by atoms with Gasteiger partial charge in [0.25, 0.3) is 0 Å². The van der Waals surface area contributed by atoms with Crippen molar-refractivity contribution in [3.05, 3.63) is 65.7 Å². The molecule has 1 saturated heterocycles. The van der Waals surface area contributed by atoms with Crippen LogP contribution in [0, 0.1) is 6.92 Å². The second-order valence-corrected chi connectivity index (χ2v) is 9.12. The average Bonchev–Trinajstić information content (AvgIpc) is 3.40. The zero-order valence-corrected chi connectivity index (χ0v) is 17.3. The van der Waals surface area contributed by atoms with Crippen LogP contribution in [0.25, 0.3) is 0 Å². The van der Waals surface area contributed by atoms with E-state index in [0.717, 1.165) is 39.4 Å². The number of carbonyl (C=O) groups is 1. The summed E-state index contributed by atoms with van der Waals surface area (Å²) in [5.74, 6) is -0.0574. The Morgan fingerprint density at radius 1 is 1.07 bits per heavy atom. The van der Waals surface area contributed by atoms with Gasteiger partial charge in [-0.2, -0.15) is 0 Å². The normalized spacial score (nSPS) is 14.8. The Labute approximate surface area is 173 Å². The number of rotatable bonds is 6. The molecule has 1 aromatic heterocycles. The summed E-state index contributed by atoms with van der Waals surface area (Å²) in [7, 11) is 0. The number of carbonyl (C=O) groups excluding carboxylic acids is 1. The van der Waals surface area contributed by atoms with Crippen LogP contribution in [-0.4, -0.2) is 29.2 Å². The maximum absolute atomic E-state index is 13.1. The van der Waals surface area contributed by atoms with Crippen LogP contribution < -0.4 is 10.2 Å². The third-order valence-electron chi connectivity index (χ3n) is 4.65. The van der Waals surface area contributed by atoms with Gasteiger partial charge in [0, 0.05) is 18.8 Å². The summed E-state index contributed by atoms with van der Waals surface area (Å²) < 4.78 is 0.815. The lowest BCUT2D eigenvalue weighted by molar-refractivity contribution is -0.115. The maximum atomic E-state index is 13.1. The molecule has 5 nitrogen and oxygen atoms in total. The van der Waals surface area contributed by atoms with Gasteiger partial charge in [0.2, 0.25) is 11.0 Å². The number of aryl methyl sites for hydroxylation is 1. The second kappa shape index (κ2) is 8.75. The molecule has 3 aromatic rings. The molecule has 28 heavy (non-hydrogen) atoms. The molecule has 1 aliphatic rings. The van der Waals surface area contributed by atoms with Crippen LogP contribution in [0.2, 0.25) is 0 Å². The zero-order valence-electron chi connectivity index (χ0n) is 15.7. The minimum Gasteiger partial charge on any atom is -0.347 e. The fraction of sp³-hybridized carbons (Fsp3) is 0.286. The van der Waals surface area contributed by atoms with Crippen LogP contribution in [-0.2, 0) is 4.79 Å². The number of anilines is 2. The standard InChI is InChI=1S/C21H22N4OS2/c1-15-9-11-17(12-10-15)22-19(26)18(16-7-3-2-4-8-16)27-21-24-23-20(28-21)25-13-5-6-14-25/h2-4,7-12,18H,5-6,13-14H2,1H3,(H,22,26). The molecule has 2 aromatic carbocycles. The predicted octanol–water partition coefficient (Wildman–Crippen LogP) is 4.92. The molecular formula is C21H22N4OS2. The zero-order chi connectivity index (χ0) is 19.3. The summed E-state index contributed by atoms with van der Waals surface area (Å²) in [5.41, 5.74) is 2.91. The topological polar surface area (TPSA) is 58.1 Å². The maximum Gasteiger partial charge on any atom is 0.242 e. The molecule has 0 radical (unpaired) electrons. The van der Waals surface area contributed by atoms with Gasteiger partial charge >= 0.3 is 0 Å². The number of nitrogens with one attached hydrogen (secondary N) is 1. The van der Waals surface area contributed by atoms with Crippen molar-refractivity contribution in [2.45, 2.75) is 29.4 Å². The van der Waals surface area contributed by atoms with Crippen LogP contribution in [0.1, 0.15) is 29.2 Å². The Hall–Kier alpha value is -2.38. The van der Waals surface area contributed by atoms with Crippen molar-refractivity contribution < 1.29 is 4.79 Å². The molecule has 1 amide bonds. The van der Waals surface area contributed by atoms with E-state index < -0.39 is 0 Å². The predicted molar refractivity (Wildman–Crippen MR) is 116 cm³/mol. The van der Waals surface area contributed by atoms with Crippen LogP contribution in [0.15, 0.2) is 58.9 Å². The molecule has 144 valence electrons. The monoisotopic (exact) mass is 410 g/mol. The lowest BCUT2D eigenvalue weighted by Gasteiger charge is -2.16. The number of benzene rings is 2. The van der Waals surface area contributed by atoms with Crippen molar-refractivity contribution in [3.8, 4) is 0 Å². The minimum atomic E-state index is -0.387. The molecule has 1 aliphatic heterocycles. The highest BCUT2D eigenvalue weighted by molar-refractivity contribution is 8.02. The number of thioether (sulfide) groups is 1. The summed E-state index contributed by atoms with van der Waals surface area (Å²) in [6.07, 6.45) is 2.40. The quantitative estimate of drug-likeness (QED) is 0.585. The van der Waals surface area contributed by atoms with Gasteiger partial charge in [0.05, 0.1) is 0 Å². The van der Waals surface area contributed by atoms with E-state index in [9.17, 15) is 4.79 Å². The van der Waals surface area contributed by atoms with E-state index in [1.165, 1.54) is 24.6 Å². The first-order valence-electron chi connectivity index (χ1n) is 9.36. The molecule has 1 fully saturated rings. The van der Waals surface area contributed by atoms with Gasteiger partial charge in [-0.25, -0.2) is 0 Å². The first kappa shape index (κ1) is 19.0. The fourth-order valence-corrected chi connectivity index (χ4v) is 5.22. The van der Waals surface area contributed by atoms with Crippen LogP contribution in [0.5, 0.6) is 0 Å². The number of hydrogen-bond acceptors (Lipinski definition) is 6. The Kier molecular flexibility index (Phi) is 5.92. The summed E-state index contributed by atoms with van der Waals surface area (Å²) in [6, 6.07) is 17.7. The summed E-state index contributed by atoms with van der Waals surface area (Å²) in [5, 5.41) is 12.3. The van der Waals surface area contributed by atoms with Crippen LogP contribution in [0.3, 0.4) is 0 Å². The largest absolute Gasteiger partial charge is 0.347 e. The molecule has 1 unspecified atom stereocenters. The Balaban J connectivity index is 1.53. The third-order valence-corrected chi connectivity index (χ3v) is 6.97. The lowest BCUT2D eigenvalue weighted by Crippen LogP contribution is -2.19. The van der Waals surface area contributed by atoms with E-state index >= 15 is 0 Å². The van der Waals surface area contributed by atoms with Gasteiger partial charge in [0.1, 0.15) is 5.25 Å². The Bertz CT molecular complexity index is 921. The highest BCUT2D eigenvalue weighted by Gasteiger charge is 2.25. The molecular weight excluding hydrogens is 388 g/mol. The fourth-order valence-electron chi connectivity index (χ4n) is 3.13. The van der Waals surface area contributed by atoms with Crippen LogP contribution >= 0.6 is 23.1 Å². The van der Waals surface area contributed by atoms with Gasteiger partial charge in [-0.15, -0.1) is 10.2 Å². The molecule has 0 bridgehead atoms. The molecule has 4 rings (SSSR count). The van der Waals surface area contributed by atoms with Crippen molar-refractivity contribution in [1.82, 2.24) is 10.2 Å². The average molecular weight is 411 g/mol. The van der Waals surface area contributed by atoms with Gasteiger partial charge in [-0.05, 0) is 37.5 Å². The van der Waals surface area contributed by atoms with E-state index in [1.807, 2.05) is 61.5 Å². The van der Waals surface area contributed by atoms with Gasteiger partial charge < -0.3 is 10.2 Å². The summed E-state index contributed by atoms with van der Waals surface area (Å²) in [4.78, 5) is 15.3. The molecule has 1 atom stereocenters. The highest BCUT2D eigenvalue weighted by atomic mass is 32.2. The van der Waals surface area contributed by atoms with E-state index in [0.29, 0.717) is 0 Å². The Morgan fingerprint density at radius 3 is 2.50 bits per heavy atom. The van der Waals surface area contributed by atoms with Gasteiger partial charge in [-0.1, -0.05) is 71.1 Å². The van der Waals surface area contributed by atoms with Crippen molar-refractivity contribution in [1.29, 1.82) is 0 Å². The number of aromatic nitrogens is 2. The molecule has 1 N–H and O–H groups in total. The molecule has 0 saturated carbocycles. The molecule has 7 heteroatoms. The van der Waals surface area contributed by atoms with E-state index in [1.54, 1.807) is 11.3 Å². The van der Waals surface area contributed by atoms with Crippen molar-refractivity contribution in [2.24, 2.45) is 0 Å². The Morgan fingerprint density at radius 2 is 1.79 bits per heavy atom. The summed E-state index contributed by atoms with van der Waals surface area (Å²) in [6.45, 7) is 4.10.